The summed E-state index contributed by atoms with van der Waals surface area (Å²) >= 11 is -1.83. The van der Waals surface area contributed by atoms with Crippen LogP contribution in [0.2, 0.25) is 13.1 Å². The molecule has 0 heterocycles. The molecule has 0 saturated heterocycles. The molecule has 0 aliphatic heterocycles. The first-order valence-corrected chi connectivity index (χ1v) is 20.9. The standard InChI is InChI=1S/C13H9.C5H5.C2H7Si.2ClH.Hf/c1-3-7-12-10(5-1)9-11-6-2-4-8-13(11)12;1-2-4-5-3-1;1-3-2;;;/h1-5,7-8H,9H2;1-3H,4H2;3H,1-2H3;2*1H;/q;;;;;+2/p-2. The van der Waals surface area contributed by atoms with E-state index in [1.807, 2.05) is 6.65 Å². The van der Waals surface area contributed by atoms with Gasteiger partial charge in [-0.05, 0) is 0 Å². The van der Waals surface area contributed by atoms with E-state index in [4.69, 9.17) is 0 Å². The van der Waals surface area contributed by atoms with Gasteiger partial charge in [0.15, 0.2) is 0 Å². The summed E-state index contributed by atoms with van der Waals surface area (Å²) in [5.41, 5.74) is 6.21. The molecule has 2 aliphatic carbocycles. The van der Waals surface area contributed by atoms with Crippen molar-refractivity contribution in [2.24, 2.45) is 0 Å². The number of hydrogen-bond acceptors (Lipinski definition) is 0. The average molecular weight is 539 g/mol. The molecule has 0 radical (unpaired) electrons. The zero-order valence-corrected chi connectivity index (χ0v) is 20.3. The molecule has 0 bridgehead atoms. The van der Waals surface area contributed by atoms with Gasteiger partial charge in [-0.3, -0.25) is 0 Å². The van der Waals surface area contributed by atoms with Crippen molar-refractivity contribution in [1.82, 2.24) is 0 Å². The van der Waals surface area contributed by atoms with Crippen molar-refractivity contribution in [2.45, 2.75) is 25.9 Å². The number of rotatable bonds is 3. The molecule has 0 N–H and O–H groups in total. The summed E-state index contributed by atoms with van der Waals surface area (Å²) in [6.07, 6.45) is 9.50. The van der Waals surface area contributed by atoms with Crippen LogP contribution >= 0.6 is 0 Å². The van der Waals surface area contributed by atoms with E-state index in [0.717, 1.165) is 6.42 Å². The zero-order valence-electron chi connectivity index (χ0n) is 14.0. The van der Waals surface area contributed by atoms with Crippen LogP contribution < -0.4 is 28.1 Å². The van der Waals surface area contributed by atoms with Crippen LogP contribution in [0.15, 0.2) is 64.0 Å². The van der Waals surface area contributed by atoms with Crippen molar-refractivity contribution in [3.63, 3.8) is 0 Å². The van der Waals surface area contributed by atoms with Gasteiger partial charge in [0, 0.05) is 0 Å². The molecule has 0 unspecified atom stereocenters. The van der Waals surface area contributed by atoms with E-state index in [-0.39, 0.29) is 24.8 Å². The average Bonchev–Trinajstić information content (AvgIpc) is 3.15. The van der Waals surface area contributed by atoms with Gasteiger partial charge in [0.25, 0.3) is 0 Å². The molecule has 0 atom stereocenters. The van der Waals surface area contributed by atoms with Gasteiger partial charge in [-0.25, -0.2) is 0 Å². The normalized spacial score (nSPS) is 13.7. The molecule has 2 aromatic rings. The van der Waals surface area contributed by atoms with Crippen molar-refractivity contribution in [3.8, 4) is 11.1 Å². The summed E-state index contributed by atoms with van der Waals surface area (Å²) in [5.74, 6) is -0.593. The van der Waals surface area contributed by atoms with Crippen LogP contribution in [0.5, 0.6) is 0 Å². The number of benzene rings is 2. The van der Waals surface area contributed by atoms with Crippen molar-refractivity contribution >= 4 is 9.30 Å². The maximum atomic E-state index is 2.59. The summed E-state index contributed by atoms with van der Waals surface area (Å²) in [6.45, 7) is 5.17. The summed E-state index contributed by atoms with van der Waals surface area (Å²) in [6, 6.07) is 16.1. The molecule has 0 nitrogen and oxygen atoms in total. The second kappa shape index (κ2) is 8.31. The molecule has 0 saturated carbocycles. The largest absolute Gasteiger partial charge is 1.00 e. The van der Waals surface area contributed by atoms with Crippen molar-refractivity contribution in [1.29, 1.82) is 0 Å². The van der Waals surface area contributed by atoms with Crippen molar-refractivity contribution in [3.05, 3.63) is 75.1 Å². The van der Waals surface area contributed by atoms with Crippen molar-refractivity contribution < 1.29 is 45.4 Å². The Morgan fingerprint density at radius 2 is 1.67 bits per heavy atom. The fraction of sp³-hybridized carbons (Fsp3) is 0.200. The molecular formula is C20H21Cl2HfSi. The third-order valence-electron chi connectivity index (χ3n) is 4.84. The van der Waals surface area contributed by atoms with E-state index in [1.54, 1.807) is 5.56 Å². The Hall–Kier alpha value is -0.413. The number of hydrogen-bond donors (Lipinski definition) is 0. The Balaban J connectivity index is 0.00000104. The summed E-state index contributed by atoms with van der Waals surface area (Å²) < 4.78 is 3.66. The summed E-state index contributed by atoms with van der Waals surface area (Å²) in [5, 5.41) is 0. The number of fused-ring (bicyclic) bond motifs is 3. The van der Waals surface area contributed by atoms with Crippen molar-refractivity contribution in [2.75, 3.05) is 0 Å². The Bertz CT molecular complexity index is 796. The van der Waals surface area contributed by atoms with Gasteiger partial charge in [-0.2, -0.15) is 0 Å². The molecule has 0 aromatic heterocycles. The fourth-order valence-electron chi connectivity index (χ4n) is 3.91. The molecule has 0 fully saturated rings. The van der Waals surface area contributed by atoms with Gasteiger partial charge in [0.05, 0.1) is 0 Å². The third kappa shape index (κ3) is 3.44. The predicted octanol–water partition coefficient (Wildman–Crippen LogP) is -1.66. The third-order valence-corrected chi connectivity index (χ3v) is 31.6. The molecular weight excluding hydrogens is 518 g/mol. The number of halogens is 2. The molecule has 2 aliphatic rings. The van der Waals surface area contributed by atoms with Gasteiger partial charge in [-0.1, -0.05) is 0 Å². The van der Waals surface area contributed by atoms with E-state index in [0.29, 0.717) is 0 Å². The van der Waals surface area contributed by atoms with Crippen LogP contribution in [-0.2, 0) is 27.0 Å². The molecule has 0 amide bonds. The second-order valence-corrected chi connectivity index (χ2v) is 33.3. The second-order valence-electron chi connectivity index (χ2n) is 6.56. The molecule has 4 heteroatoms. The van der Waals surface area contributed by atoms with Crippen LogP contribution in [-0.4, -0.2) is 5.98 Å². The summed E-state index contributed by atoms with van der Waals surface area (Å²) in [4.78, 5) is 0. The zero-order chi connectivity index (χ0) is 15.1. The topological polar surface area (TPSA) is 0 Å². The Labute approximate surface area is 166 Å². The van der Waals surface area contributed by atoms with E-state index < -0.39 is 26.6 Å². The number of allylic oxidation sites excluding steroid dienone is 4. The smallest absolute Gasteiger partial charge is 1.00 e. The predicted molar refractivity (Wildman–Crippen MR) is 95.0 cm³/mol. The van der Waals surface area contributed by atoms with Gasteiger partial charge in [0.2, 0.25) is 0 Å². The van der Waals surface area contributed by atoms with E-state index in [9.17, 15) is 0 Å². The molecule has 0 spiro atoms. The first-order valence-electron chi connectivity index (χ1n) is 8.19. The Kier molecular flexibility index (Phi) is 6.89. The fourth-order valence-corrected chi connectivity index (χ4v) is 30.3. The minimum absolute atomic E-state index is 0. The molecule has 24 heavy (non-hydrogen) atoms. The monoisotopic (exact) mass is 539 g/mol. The van der Waals surface area contributed by atoms with Crippen LogP contribution in [0.1, 0.15) is 17.5 Å². The molecule has 123 valence electrons. The Morgan fingerprint density at radius 3 is 2.38 bits per heavy atom. The van der Waals surface area contributed by atoms with Crippen LogP contribution in [0.4, 0.5) is 0 Å². The van der Waals surface area contributed by atoms with E-state index in [1.165, 1.54) is 23.1 Å². The minimum atomic E-state index is -1.83. The van der Waals surface area contributed by atoms with Gasteiger partial charge in [0.1, 0.15) is 0 Å². The van der Waals surface area contributed by atoms with Crippen LogP contribution in [0, 0.1) is 0 Å². The maximum absolute atomic E-state index is 2.59. The molecule has 2 aromatic carbocycles. The van der Waals surface area contributed by atoms with Gasteiger partial charge in [-0.15, -0.1) is 0 Å². The van der Waals surface area contributed by atoms with E-state index in [2.05, 4.69) is 73.8 Å². The maximum Gasteiger partial charge on any atom is -1.00 e. The first kappa shape index (κ1) is 19.9. The van der Waals surface area contributed by atoms with Gasteiger partial charge < -0.3 is 24.8 Å². The minimum Gasteiger partial charge on any atom is -1.00 e. The van der Waals surface area contributed by atoms with E-state index >= 15 is 0 Å². The first-order chi connectivity index (χ1) is 10.8. The Morgan fingerprint density at radius 1 is 0.917 bits per heavy atom. The SMILES string of the molecule is C[SiH](C)[Hf+2]([C]1=CC=CC1)[c]1cccc2c1Cc1ccccc1-2.[Cl-].[Cl-]. The quantitative estimate of drug-likeness (QED) is 0.350. The summed E-state index contributed by atoms with van der Waals surface area (Å²) in [7, 11) is 0. The molecule has 4 rings (SSSR count). The van der Waals surface area contributed by atoms with Crippen LogP contribution in [0.3, 0.4) is 0 Å². The van der Waals surface area contributed by atoms with Crippen LogP contribution in [0.25, 0.3) is 11.1 Å². The van der Waals surface area contributed by atoms with Gasteiger partial charge >= 0.3 is 142 Å².